The van der Waals surface area contributed by atoms with E-state index in [1.807, 2.05) is 0 Å². The van der Waals surface area contributed by atoms with Gasteiger partial charge in [0, 0.05) is 0 Å². The Hall–Kier alpha value is -1.04. The summed E-state index contributed by atoms with van der Waals surface area (Å²) in [6, 6.07) is -0.191. The van der Waals surface area contributed by atoms with Crippen molar-refractivity contribution in [3.05, 3.63) is 5.21 Å². The zero-order valence-electron chi connectivity index (χ0n) is 6.05. The molecule has 64 valence electrons. The Balaban J connectivity index is 2.56. The van der Waals surface area contributed by atoms with Crippen molar-refractivity contribution in [1.82, 2.24) is 5.01 Å². The van der Waals surface area contributed by atoms with Crippen LogP contribution in [0.4, 0.5) is 0 Å². The van der Waals surface area contributed by atoms with E-state index in [1.54, 1.807) is 0 Å². The lowest BCUT2D eigenvalue weighted by atomic mass is 10.2. The van der Waals surface area contributed by atoms with E-state index in [0.29, 0.717) is 6.54 Å². The van der Waals surface area contributed by atoms with Crippen molar-refractivity contribution in [3.63, 3.8) is 0 Å². The van der Waals surface area contributed by atoms with Gasteiger partial charge < -0.3 is 15.5 Å². The van der Waals surface area contributed by atoms with Crippen LogP contribution in [-0.4, -0.2) is 39.5 Å². The SMILES string of the molecule is [O-][N+](=NO)N1CCCC1CO. The maximum atomic E-state index is 10.7. The molecule has 6 heteroatoms. The van der Waals surface area contributed by atoms with Gasteiger partial charge in [-0.3, -0.25) is 0 Å². The Kier molecular flexibility index (Phi) is 2.48. The molecule has 0 aromatic heterocycles. The van der Waals surface area contributed by atoms with Crippen LogP contribution < -0.4 is 0 Å². The normalized spacial score (nSPS) is 26.1. The Morgan fingerprint density at radius 3 is 3.00 bits per heavy atom. The van der Waals surface area contributed by atoms with Crippen LogP contribution in [0.5, 0.6) is 0 Å². The van der Waals surface area contributed by atoms with Gasteiger partial charge in [-0.1, -0.05) is 0 Å². The average molecular weight is 161 g/mol. The first kappa shape index (κ1) is 8.06. The van der Waals surface area contributed by atoms with E-state index in [-0.39, 0.29) is 17.6 Å². The number of aliphatic hydroxyl groups excluding tert-OH is 1. The van der Waals surface area contributed by atoms with E-state index in [9.17, 15) is 5.21 Å². The molecule has 1 unspecified atom stereocenters. The quantitative estimate of drug-likeness (QED) is 0.331. The van der Waals surface area contributed by atoms with Gasteiger partial charge in [0.25, 0.3) is 0 Å². The molecule has 11 heavy (non-hydrogen) atoms. The minimum absolute atomic E-state index is 0.0751. The van der Waals surface area contributed by atoms with Gasteiger partial charge in [0.2, 0.25) is 5.28 Å². The maximum Gasteiger partial charge on any atom is 0.230 e. The number of nitrogens with zero attached hydrogens (tertiary/aromatic N) is 3. The fraction of sp³-hybridized carbons (Fsp3) is 1.00. The molecule has 0 aromatic rings. The standard InChI is InChI=1S/C5H11N3O3/c9-4-5-2-1-3-7(5)8(11)6-10/h5,9-10H,1-4H2. The van der Waals surface area contributed by atoms with Crippen molar-refractivity contribution in [3.8, 4) is 0 Å². The van der Waals surface area contributed by atoms with Gasteiger partial charge in [0.15, 0.2) is 0 Å². The smallest absolute Gasteiger partial charge is 0.230 e. The highest BCUT2D eigenvalue weighted by molar-refractivity contribution is 4.71. The van der Waals surface area contributed by atoms with Crippen LogP contribution in [0.25, 0.3) is 0 Å². The molecular weight excluding hydrogens is 150 g/mol. The van der Waals surface area contributed by atoms with Gasteiger partial charge in [-0.2, -0.15) is 0 Å². The van der Waals surface area contributed by atoms with Crippen LogP contribution in [0.15, 0.2) is 5.28 Å². The molecule has 0 aliphatic carbocycles. The number of hydrogen-bond acceptors (Lipinski definition) is 3. The summed E-state index contributed by atoms with van der Waals surface area (Å²) >= 11 is 0. The Bertz CT molecular complexity index is 161. The van der Waals surface area contributed by atoms with E-state index in [1.165, 1.54) is 5.01 Å². The number of hydrazine groups is 1. The summed E-state index contributed by atoms with van der Waals surface area (Å²) in [5.74, 6) is 0. The van der Waals surface area contributed by atoms with Crippen LogP contribution in [-0.2, 0) is 0 Å². The molecular formula is C5H11N3O3. The van der Waals surface area contributed by atoms with E-state index in [0.717, 1.165) is 12.8 Å². The minimum Gasteiger partial charge on any atom is -0.569 e. The Labute approximate surface area is 63.9 Å². The molecule has 0 bridgehead atoms. The summed E-state index contributed by atoms with van der Waals surface area (Å²) in [6.45, 7) is 0.465. The van der Waals surface area contributed by atoms with E-state index in [2.05, 4.69) is 5.28 Å². The van der Waals surface area contributed by atoms with E-state index < -0.39 is 0 Å². The minimum atomic E-state index is -0.191. The molecule has 1 heterocycles. The first-order chi connectivity index (χ1) is 5.29. The summed E-state index contributed by atoms with van der Waals surface area (Å²) in [5, 5.41) is 31.3. The predicted molar refractivity (Wildman–Crippen MR) is 34.7 cm³/mol. The molecule has 1 rings (SSSR count). The highest BCUT2D eigenvalue weighted by Crippen LogP contribution is 2.15. The largest absolute Gasteiger partial charge is 0.569 e. The maximum absolute atomic E-state index is 10.7. The van der Waals surface area contributed by atoms with E-state index >= 15 is 0 Å². The van der Waals surface area contributed by atoms with Crippen molar-refractivity contribution >= 4 is 0 Å². The van der Waals surface area contributed by atoms with Crippen molar-refractivity contribution in [2.24, 2.45) is 5.28 Å². The summed E-state index contributed by atoms with van der Waals surface area (Å²) < 4.78 is 0. The van der Waals surface area contributed by atoms with Crippen molar-refractivity contribution in [2.75, 3.05) is 13.2 Å². The highest BCUT2D eigenvalue weighted by atomic mass is 16.6. The molecule has 1 aliphatic heterocycles. The second-order valence-electron chi connectivity index (χ2n) is 2.48. The lowest BCUT2D eigenvalue weighted by Crippen LogP contribution is -2.37. The second kappa shape index (κ2) is 3.38. The Morgan fingerprint density at radius 2 is 2.45 bits per heavy atom. The molecule has 0 saturated carbocycles. The first-order valence-electron chi connectivity index (χ1n) is 3.49. The molecule has 1 fully saturated rings. The molecule has 0 spiro atoms. The van der Waals surface area contributed by atoms with Crippen LogP contribution >= 0.6 is 0 Å². The third-order valence-electron chi connectivity index (χ3n) is 1.85. The fourth-order valence-corrected chi connectivity index (χ4v) is 1.28. The summed E-state index contributed by atoms with van der Waals surface area (Å²) in [6.07, 6.45) is 1.62. The third-order valence-corrected chi connectivity index (χ3v) is 1.85. The number of aliphatic hydroxyl groups is 1. The lowest BCUT2D eigenvalue weighted by Gasteiger charge is -2.16. The van der Waals surface area contributed by atoms with Crippen molar-refractivity contribution in [1.29, 1.82) is 0 Å². The molecule has 0 aromatic carbocycles. The van der Waals surface area contributed by atoms with Crippen molar-refractivity contribution in [2.45, 2.75) is 18.9 Å². The van der Waals surface area contributed by atoms with Gasteiger partial charge in [-0.05, 0) is 12.8 Å². The molecule has 0 radical (unpaired) electrons. The molecule has 2 N–H and O–H groups in total. The van der Waals surface area contributed by atoms with Crippen LogP contribution in [0, 0.1) is 5.21 Å². The molecule has 0 amide bonds. The summed E-state index contributed by atoms with van der Waals surface area (Å²) in [7, 11) is 0. The third kappa shape index (κ3) is 1.51. The number of hydrogen-bond donors (Lipinski definition) is 2. The average Bonchev–Trinajstić information content (AvgIpc) is 2.50. The van der Waals surface area contributed by atoms with Crippen molar-refractivity contribution < 1.29 is 15.3 Å². The summed E-state index contributed by atoms with van der Waals surface area (Å²) in [5.41, 5.74) is 0. The van der Waals surface area contributed by atoms with E-state index in [4.69, 9.17) is 10.3 Å². The van der Waals surface area contributed by atoms with Gasteiger partial charge in [-0.15, -0.1) is 5.01 Å². The number of rotatable bonds is 2. The van der Waals surface area contributed by atoms with Crippen LogP contribution in [0.1, 0.15) is 12.8 Å². The second-order valence-corrected chi connectivity index (χ2v) is 2.48. The fourth-order valence-electron chi connectivity index (χ4n) is 1.28. The van der Waals surface area contributed by atoms with Gasteiger partial charge in [0.1, 0.15) is 6.04 Å². The van der Waals surface area contributed by atoms with Gasteiger partial charge in [-0.25, -0.2) is 0 Å². The van der Waals surface area contributed by atoms with Crippen LogP contribution in [0.3, 0.4) is 0 Å². The molecule has 1 atom stereocenters. The van der Waals surface area contributed by atoms with Gasteiger partial charge >= 0.3 is 0 Å². The zero-order chi connectivity index (χ0) is 8.27. The lowest BCUT2D eigenvalue weighted by molar-refractivity contribution is -0.713. The topological polar surface area (TPSA) is 82.1 Å². The first-order valence-corrected chi connectivity index (χ1v) is 3.49. The predicted octanol–water partition coefficient (Wildman–Crippen LogP) is -0.290. The molecule has 1 aliphatic rings. The zero-order valence-corrected chi connectivity index (χ0v) is 6.05. The van der Waals surface area contributed by atoms with Gasteiger partial charge in [0.05, 0.1) is 18.1 Å². The molecule has 1 saturated heterocycles. The monoisotopic (exact) mass is 161 g/mol. The van der Waals surface area contributed by atoms with Crippen LogP contribution in [0.2, 0.25) is 0 Å². The highest BCUT2D eigenvalue weighted by Gasteiger charge is 2.30. The summed E-state index contributed by atoms with van der Waals surface area (Å²) in [4.78, 5) is 0.119. The Morgan fingerprint density at radius 1 is 1.73 bits per heavy atom. The molecule has 6 nitrogen and oxygen atoms in total.